The molecule has 0 unspecified atom stereocenters. The van der Waals surface area contributed by atoms with Gasteiger partial charge < -0.3 is 14.7 Å². The fraction of sp³-hybridized carbons (Fsp3) is 0.375. The van der Waals surface area contributed by atoms with E-state index in [0.29, 0.717) is 13.1 Å². The van der Waals surface area contributed by atoms with Crippen molar-refractivity contribution in [3.8, 4) is 0 Å². The molecule has 2 bridgehead atoms. The van der Waals surface area contributed by atoms with Crippen molar-refractivity contribution < 1.29 is 19.4 Å². The maximum absolute atomic E-state index is 12.6. The van der Waals surface area contributed by atoms with Gasteiger partial charge in [-0.2, -0.15) is 0 Å². The number of nitrogens with zero attached hydrogens (tertiary/aromatic N) is 1. The van der Waals surface area contributed by atoms with Gasteiger partial charge in [-0.25, -0.2) is 0 Å². The number of hydrogen-bond donors (Lipinski definition) is 1. The van der Waals surface area contributed by atoms with E-state index >= 15 is 0 Å². The lowest BCUT2D eigenvalue weighted by Gasteiger charge is -2.21. The second-order valence-electron chi connectivity index (χ2n) is 5.92. The molecule has 4 atom stereocenters. The van der Waals surface area contributed by atoms with Crippen LogP contribution in [-0.4, -0.2) is 40.1 Å². The molecular formula is C16H15NO4. The number of likely N-dealkylation sites (tertiary alicyclic amines) is 1. The van der Waals surface area contributed by atoms with E-state index in [1.807, 2.05) is 36.4 Å². The summed E-state index contributed by atoms with van der Waals surface area (Å²) >= 11 is 0. The fourth-order valence-corrected chi connectivity index (χ4v) is 3.80. The zero-order valence-corrected chi connectivity index (χ0v) is 11.3. The van der Waals surface area contributed by atoms with Crippen LogP contribution in [0.3, 0.4) is 0 Å². The van der Waals surface area contributed by atoms with Crippen molar-refractivity contribution in [2.75, 3.05) is 6.54 Å². The Hall–Kier alpha value is -2.14. The van der Waals surface area contributed by atoms with Gasteiger partial charge in [-0.1, -0.05) is 42.5 Å². The van der Waals surface area contributed by atoms with E-state index < -0.39 is 29.5 Å². The number of hydrogen-bond acceptors (Lipinski definition) is 3. The number of carboxylic acids is 1. The Bertz CT molecular complexity index is 641. The predicted molar refractivity (Wildman–Crippen MR) is 73.2 cm³/mol. The minimum atomic E-state index is -0.953. The van der Waals surface area contributed by atoms with E-state index in [0.717, 1.165) is 5.56 Å². The average Bonchev–Trinajstić information content (AvgIpc) is 3.09. The summed E-state index contributed by atoms with van der Waals surface area (Å²) in [6.45, 7) is 0.925. The Morgan fingerprint density at radius 3 is 2.86 bits per heavy atom. The van der Waals surface area contributed by atoms with Crippen molar-refractivity contribution in [3.63, 3.8) is 0 Å². The summed E-state index contributed by atoms with van der Waals surface area (Å²) in [6.07, 6.45) is 3.20. The summed E-state index contributed by atoms with van der Waals surface area (Å²) in [6, 6.07) is 9.70. The van der Waals surface area contributed by atoms with Gasteiger partial charge in [-0.05, 0) is 5.56 Å². The van der Waals surface area contributed by atoms with Gasteiger partial charge in [0.25, 0.3) is 0 Å². The van der Waals surface area contributed by atoms with E-state index in [-0.39, 0.29) is 5.91 Å². The fourth-order valence-electron chi connectivity index (χ4n) is 3.80. The topological polar surface area (TPSA) is 66.8 Å². The summed E-state index contributed by atoms with van der Waals surface area (Å²) in [5, 5.41) is 9.39. The number of benzene rings is 1. The van der Waals surface area contributed by atoms with Crippen LogP contribution in [0.2, 0.25) is 0 Å². The Morgan fingerprint density at radius 2 is 2.14 bits per heavy atom. The second-order valence-corrected chi connectivity index (χ2v) is 5.92. The first kappa shape index (κ1) is 12.6. The highest BCUT2D eigenvalue weighted by Gasteiger charge is 2.66. The minimum Gasteiger partial charge on any atom is -0.481 e. The van der Waals surface area contributed by atoms with Crippen molar-refractivity contribution in [1.82, 2.24) is 4.90 Å². The molecule has 0 saturated carbocycles. The number of carbonyl (C=O) groups is 2. The molecule has 1 spiro atoms. The maximum atomic E-state index is 12.6. The predicted octanol–water partition coefficient (Wildman–Crippen LogP) is 1.05. The largest absolute Gasteiger partial charge is 0.481 e. The molecule has 0 radical (unpaired) electrons. The van der Waals surface area contributed by atoms with Crippen molar-refractivity contribution >= 4 is 11.9 Å². The van der Waals surface area contributed by atoms with Gasteiger partial charge in [-0.3, -0.25) is 9.59 Å². The van der Waals surface area contributed by atoms with E-state index in [4.69, 9.17) is 4.74 Å². The number of aliphatic carboxylic acids is 1. The number of fused-ring (bicyclic) bond motifs is 1. The zero-order valence-electron chi connectivity index (χ0n) is 11.3. The first-order valence-electron chi connectivity index (χ1n) is 7.03. The van der Waals surface area contributed by atoms with Gasteiger partial charge in [0.2, 0.25) is 5.91 Å². The van der Waals surface area contributed by atoms with Crippen LogP contribution in [0.1, 0.15) is 5.56 Å². The molecule has 3 aliphatic rings. The molecule has 1 aromatic carbocycles. The molecule has 5 nitrogen and oxygen atoms in total. The quantitative estimate of drug-likeness (QED) is 0.843. The third-order valence-electron chi connectivity index (χ3n) is 4.68. The lowest BCUT2D eigenvalue weighted by Crippen LogP contribution is -2.39. The molecule has 108 valence electrons. The number of carboxylic acid groups (broad SMARTS) is 1. The van der Waals surface area contributed by atoms with Crippen LogP contribution in [0.25, 0.3) is 0 Å². The Morgan fingerprint density at radius 1 is 1.38 bits per heavy atom. The number of carbonyl (C=O) groups excluding carboxylic acids is 1. The van der Waals surface area contributed by atoms with Crippen LogP contribution in [0.5, 0.6) is 0 Å². The summed E-state index contributed by atoms with van der Waals surface area (Å²) in [5.74, 6) is -2.42. The molecule has 0 aliphatic carbocycles. The van der Waals surface area contributed by atoms with E-state index in [1.165, 1.54) is 0 Å². The molecular weight excluding hydrogens is 270 g/mol. The molecule has 3 aliphatic heterocycles. The molecule has 2 saturated heterocycles. The third-order valence-corrected chi connectivity index (χ3v) is 4.68. The Balaban J connectivity index is 1.63. The van der Waals surface area contributed by atoms with E-state index in [1.54, 1.807) is 11.0 Å². The van der Waals surface area contributed by atoms with Crippen molar-refractivity contribution in [3.05, 3.63) is 48.0 Å². The lowest BCUT2D eigenvalue weighted by molar-refractivity contribution is -0.148. The molecule has 4 rings (SSSR count). The Labute approximate surface area is 121 Å². The lowest BCUT2D eigenvalue weighted by atomic mass is 9.77. The normalized spacial score (nSPS) is 36.3. The van der Waals surface area contributed by atoms with Crippen LogP contribution >= 0.6 is 0 Å². The van der Waals surface area contributed by atoms with Crippen LogP contribution in [0.15, 0.2) is 42.5 Å². The minimum absolute atomic E-state index is 0.113. The van der Waals surface area contributed by atoms with Crippen LogP contribution in [-0.2, 0) is 20.9 Å². The van der Waals surface area contributed by atoms with Crippen LogP contribution < -0.4 is 0 Å². The molecule has 3 heterocycles. The Kier molecular flexibility index (Phi) is 2.50. The second kappa shape index (κ2) is 4.18. The molecule has 1 amide bonds. The maximum Gasteiger partial charge on any atom is 0.310 e. The van der Waals surface area contributed by atoms with Gasteiger partial charge in [0.1, 0.15) is 11.5 Å². The van der Waals surface area contributed by atoms with Gasteiger partial charge in [0.15, 0.2) is 0 Å². The van der Waals surface area contributed by atoms with Crippen molar-refractivity contribution in [1.29, 1.82) is 0 Å². The van der Waals surface area contributed by atoms with Gasteiger partial charge in [0, 0.05) is 6.54 Å². The number of ether oxygens (including phenoxy) is 1. The summed E-state index contributed by atoms with van der Waals surface area (Å²) in [7, 11) is 0. The highest BCUT2D eigenvalue weighted by Crippen LogP contribution is 2.52. The highest BCUT2D eigenvalue weighted by atomic mass is 16.5. The van der Waals surface area contributed by atoms with Crippen LogP contribution in [0.4, 0.5) is 0 Å². The summed E-state index contributed by atoms with van der Waals surface area (Å²) in [4.78, 5) is 25.8. The van der Waals surface area contributed by atoms with Crippen molar-refractivity contribution in [2.24, 2.45) is 11.8 Å². The molecule has 5 heteroatoms. The molecule has 21 heavy (non-hydrogen) atoms. The van der Waals surface area contributed by atoms with Gasteiger partial charge in [-0.15, -0.1) is 0 Å². The first-order chi connectivity index (χ1) is 10.1. The molecule has 0 aromatic heterocycles. The zero-order chi connectivity index (χ0) is 14.6. The summed E-state index contributed by atoms with van der Waals surface area (Å²) in [5.41, 5.74) is 0.298. The third kappa shape index (κ3) is 1.67. The van der Waals surface area contributed by atoms with E-state index in [9.17, 15) is 14.7 Å². The number of amides is 1. The summed E-state index contributed by atoms with van der Waals surface area (Å²) < 4.78 is 5.84. The molecule has 1 N–H and O–H groups in total. The molecule has 1 aromatic rings. The van der Waals surface area contributed by atoms with E-state index in [2.05, 4.69) is 0 Å². The van der Waals surface area contributed by atoms with Crippen molar-refractivity contribution in [2.45, 2.75) is 18.2 Å². The van der Waals surface area contributed by atoms with Gasteiger partial charge in [0.05, 0.1) is 18.6 Å². The SMILES string of the molecule is O=C(O)[C@@H]1[C@H]2C(=O)N(Cc3ccccc3)C[C@]23C=C[C@H]1O3. The van der Waals surface area contributed by atoms with Gasteiger partial charge >= 0.3 is 5.97 Å². The van der Waals surface area contributed by atoms with Crippen LogP contribution in [0, 0.1) is 11.8 Å². The smallest absolute Gasteiger partial charge is 0.310 e. The standard InChI is InChI=1S/C16H15NO4/c18-14-13-12(15(19)20)11-6-7-16(13,21-11)9-17(14)8-10-4-2-1-3-5-10/h1-7,11-13H,8-9H2,(H,19,20)/t11-,12+,13+,16-/m1/s1. The number of rotatable bonds is 3. The highest BCUT2D eigenvalue weighted by molar-refractivity contribution is 5.90. The monoisotopic (exact) mass is 285 g/mol. The average molecular weight is 285 g/mol. The molecule has 2 fully saturated rings. The first-order valence-corrected chi connectivity index (χ1v) is 7.03.